The average molecular weight is 352 g/mol. The Hall–Kier alpha value is -3.02. The highest BCUT2D eigenvalue weighted by molar-refractivity contribution is 6.00. The monoisotopic (exact) mass is 352 g/mol. The van der Waals surface area contributed by atoms with Crippen molar-refractivity contribution in [3.05, 3.63) is 53.6 Å². The predicted molar refractivity (Wildman–Crippen MR) is 96.1 cm³/mol. The van der Waals surface area contributed by atoms with Crippen LogP contribution in [0.1, 0.15) is 17.5 Å². The van der Waals surface area contributed by atoms with Crippen molar-refractivity contribution >= 4 is 17.5 Å². The Morgan fingerprint density at radius 2 is 2.00 bits per heavy atom. The lowest BCUT2D eigenvalue weighted by Crippen LogP contribution is -2.32. The molecule has 1 saturated heterocycles. The van der Waals surface area contributed by atoms with Crippen molar-refractivity contribution in [1.82, 2.24) is 5.32 Å². The number of amides is 2. The fourth-order valence-electron chi connectivity index (χ4n) is 3.37. The van der Waals surface area contributed by atoms with Crippen molar-refractivity contribution in [3.63, 3.8) is 0 Å². The first-order valence-electron chi connectivity index (χ1n) is 8.64. The summed E-state index contributed by atoms with van der Waals surface area (Å²) in [6.07, 6.45) is 0.237. The van der Waals surface area contributed by atoms with Crippen molar-refractivity contribution in [2.75, 3.05) is 18.2 Å². The second-order valence-corrected chi connectivity index (χ2v) is 6.60. The molecule has 2 aliphatic rings. The van der Waals surface area contributed by atoms with Crippen molar-refractivity contribution in [1.29, 1.82) is 0 Å². The van der Waals surface area contributed by atoms with Gasteiger partial charge in [0.1, 0.15) is 0 Å². The first-order chi connectivity index (χ1) is 12.6. The number of nitrogens with zero attached hydrogens (tertiary/aromatic N) is 1. The maximum atomic E-state index is 12.5. The number of anilines is 1. The molecule has 2 amide bonds. The molecule has 0 bridgehead atoms. The van der Waals surface area contributed by atoms with E-state index >= 15 is 0 Å². The summed E-state index contributed by atoms with van der Waals surface area (Å²) in [4.78, 5) is 26.6. The number of carbonyl (C=O) groups is 2. The first-order valence-corrected chi connectivity index (χ1v) is 8.64. The third-order valence-electron chi connectivity index (χ3n) is 4.81. The van der Waals surface area contributed by atoms with Crippen molar-refractivity contribution in [2.45, 2.75) is 19.9 Å². The fraction of sp³-hybridized carbons (Fsp3) is 0.300. The van der Waals surface area contributed by atoms with Gasteiger partial charge < -0.3 is 19.7 Å². The van der Waals surface area contributed by atoms with Gasteiger partial charge in [-0.1, -0.05) is 24.3 Å². The van der Waals surface area contributed by atoms with E-state index in [1.807, 2.05) is 49.4 Å². The van der Waals surface area contributed by atoms with Gasteiger partial charge in [-0.25, -0.2) is 0 Å². The maximum Gasteiger partial charge on any atom is 0.231 e. The fourth-order valence-corrected chi connectivity index (χ4v) is 3.37. The summed E-state index contributed by atoms with van der Waals surface area (Å²) < 4.78 is 10.6. The largest absolute Gasteiger partial charge is 0.454 e. The van der Waals surface area contributed by atoms with Gasteiger partial charge in [-0.2, -0.15) is 0 Å². The minimum absolute atomic E-state index is 0.0115. The molecule has 4 rings (SSSR count). The minimum Gasteiger partial charge on any atom is -0.454 e. The van der Waals surface area contributed by atoms with Gasteiger partial charge in [-0.15, -0.1) is 0 Å². The minimum atomic E-state index is -0.337. The third-order valence-corrected chi connectivity index (χ3v) is 4.81. The second-order valence-electron chi connectivity index (χ2n) is 6.60. The molecule has 1 atom stereocenters. The van der Waals surface area contributed by atoms with Crippen LogP contribution in [0.2, 0.25) is 0 Å². The molecule has 0 saturated carbocycles. The molecule has 6 nitrogen and oxygen atoms in total. The molecule has 2 aromatic rings. The molecular weight excluding hydrogens is 332 g/mol. The summed E-state index contributed by atoms with van der Waals surface area (Å²) in [6.45, 7) is 3.00. The van der Waals surface area contributed by atoms with Crippen LogP contribution in [0, 0.1) is 12.8 Å². The number of benzene rings is 2. The van der Waals surface area contributed by atoms with E-state index in [-0.39, 0.29) is 30.9 Å². The lowest BCUT2D eigenvalue weighted by molar-refractivity contribution is -0.126. The molecule has 2 heterocycles. The van der Waals surface area contributed by atoms with Crippen LogP contribution >= 0.6 is 0 Å². The van der Waals surface area contributed by atoms with Crippen LogP contribution in [0.25, 0.3) is 0 Å². The van der Waals surface area contributed by atoms with Crippen LogP contribution in [0.15, 0.2) is 42.5 Å². The number of fused-ring (bicyclic) bond motifs is 1. The quantitative estimate of drug-likeness (QED) is 0.917. The SMILES string of the molecule is Cc1ccccc1N1C[C@H](C(=O)NCc2ccc3c(c2)OCO3)CC1=O. The highest BCUT2D eigenvalue weighted by Crippen LogP contribution is 2.32. The molecule has 0 unspecified atom stereocenters. The van der Waals surface area contributed by atoms with Crippen molar-refractivity contribution < 1.29 is 19.1 Å². The lowest BCUT2D eigenvalue weighted by Gasteiger charge is -2.19. The van der Waals surface area contributed by atoms with Crippen LogP contribution in [0.3, 0.4) is 0 Å². The van der Waals surface area contributed by atoms with Gasteiger partial charge in [0.15, 0.2) is 11.5 Å². The Bertz CT molecular complexity index is 865. The molecule has 0 radical (unpaired) electrons. The smallest absolute Gasteiger partial charge is 0.231 e. The highest BCUT2D eigenvalue weighted by Gasteiger charge is 2.35. The van der Waals surface area contributed by atoms with Gasteiger partial charge in [0.2, 0.25) is 18.6 Å². The molecule has 0 spiro atoms. The van der Waals surface area contributed by atoms with E-state index in [0.717, 1.165) is 22.6 Å². The summed E-state index contributed by atoms with van der Waals surface area (Å²) in [6, 6.07) is 13.3. The van der Waals surface area contributed by atoms with Gasteiger partial charge in [0.25, 0.3) is 0 Å². The first kappa shape index (κ1) is 16.4. The summed E-state index contributed by atoms with van der Waals surface area (Å²) in [5.41, 5.74) is 2.84. The molecule has 0 aromatic heterocycles. The summed E-state index contributed by atoms with van der Waals surface area (Å²) in [5.74, 6) is 0.958. The number of para-hydroxylation sites is 1. The molecule has 26 heavy (non-hydrogen) atoms. The molecule has 134 valence electrons. The van der Waals surface area contributed by atoms with Crippen LogP contribution in [0.4, 0.5) is 5.69 Å². The molecule has 0 aliphatic carbocycles. The Balaban J connectivity index is 1.38. The number of aryl methyl sites for hydroxylation is 1. The van der Waals surface area contributed by atoms with Crippen LogP contribution in [0.5, 0.6) is 11.5 Å². The number of carbonyl (C=O) groups excluding carboxylic acids is 2. The lowest BCUT2D eigenvalue weighted by atomic mass is 10.1. The van der Waals surface area contributed by atoms with Crippen molar-refractivity contribution in [3.8, 4) is 11.5 Å². The molecule has 6 heteroatoms. The number of rotatable bonds is 4. The average Bonchev–Trinajstić information content (AvgIpc) is 3.26. The topological polar surface area (TPSA) is 67.9 Å². The van der Waals surface area contributed by atoms with E-state index in [0.29, 0.717) is 18.8 Å². The Kier molecular flexibility index (Phi) is 4.24. The second kappa shape index (κ2) is 6.71. The summed E-state index contributed by atoms with van der Waals surface area (Å²) in [7, 11) is 0. The Morgan fingerprint density at radius 1 is 1.19 bits per heavy atom. The van der Waals surface area contributed by atoms with Crippen LogP contribution in [-0.4, -0.2) is 25.2 Å². The van der Waals surface area contributed by atoms with Gasteiger partial charge >= 0.3 is 0 Å². The van der Waals surface area contributed by atoms with Gasteiger partial charge in [-0.05, 0) is 36.2 Å². The normalized spacial score (nSPS) is 18.3. The predicted octanol–water partition coefficient (Wildman–Crippen LogP) is 2.39. The molecular formula is C20H20N2O4. The zero-order valence-corrected chi connectivity index (χ0v) is 14.5. The molecule has 2 aliphatic heterocycles. The number of nitrogens with one attached hydrogen (secondary N) is 1. The van der Waals surface area contributed by atoms with E-state index in [4.69, 9.17) is 9.47 Å². The van der Waals surface area contributed by atoms with E-state index in [9.17, 15) is 9.59 Å². The summed E-state index contributed by atoms with van der Waals surface area (Å²) >= 11 is 0. The van der Waals surface area contributed by atoms with E-state index in [1.54, 1.807) is 4.90 Å². The maximum absolute atomic E-state index is 12.5. The number of hydrogen-bond acceptors (Lipinski definition) is 4. The van der Waals surface area contributed by atoms with Gasteiger partial charge in [-0.3, -0.25) is 9.59 Å². The zero-order chi connectivity index (χ0) is 18.1. The number of hydrogen-bond donors (Lipinski definition) is 1. The third kappa shape index (κ3) is 3.10. The summed E-state index contributed by atoms with van der Waals surface area (Å²) in [5, 5.41) is 2.93. The van der Waals surface area contributed by atoms with E-state index < -0.39 is 0 Å². The Labute approximate surface area is 151 Å². The van der Waals surface area contributed by atoms with Crippen molar-refractivity contribution in [2.24, 2.45) is 5.92 Å². The zero-order valence-electron chi connectivity index (χ0n) is 14.5. The van der Waals surface area contributed by atoms with E-state index in [1.165, 1.54) is 0 Å². The molecule has 1 N–H and O–H groups in total. The molecule has 1 fully saturated rings. The Morgan fingerprint density at radius 3 is 2.85 bits per heavy atom. The number of ether oxygens (including phenoxy) is 2. The van der Waals surface area contributed by atoms with Gasteiger partial charge in [0, 0.05) is 25.2 Å². The van der Waals surface area contributed by atoms with E-state index in [2.05, 4.69) is 5.32 Å². The van der Waals surface area contributed by atoms with Crippen LogP contribution in [-0.2, 0) is 16.1 Å². The van der Waals surface area contributed by atoms with Gasteiger partial charge in [0.05, 0.1) is 5.92 Å². The van der Waals surface area contributed by atoms with Crippen LogP contribution < -0.4 is 19.7 Å². The highest BCUT2D eigenvalue weighted by atomic mass is 16.7. The standard InChI is InChI=1S/C20H20N2O4/c1-13-4-2-3-5-16(13)22-11-15(9-19(22)23)20(24)21-10-14-6-7-17-18(8-14)26-12-25-17/h2-8,15H,9-12H2,1H3,(H,21,24)/t15-/m1/s1. The molecule has 2 aromatic carbocycles.